The molecular weight excluding hydrogens is 313 g/mol. The van der Waals surface area contributed by atoms with Gasteiger partial charge in [0.2, 0.25) is 11.8 Å². The summed E-state index contributed by atoms with van der Waals surface area (Å²) in [5.74, 6) is -0.780. The van der Waals surface area contributed by atoms with Crippen molar-refractivity contribution in [2.24, 2.45) is 0 Å². The molecule has 8 heteroatoms. The lowest BCUT2D eigenvalue weighted by atomic mass is 10.3. The van der Waals surface area contributed by atoms with Crippen LogP contribution in [0.25, 0.3) is 0 Å². The van der Waals surface area contributed by atoms with Crippen molar-refractivity contribution in [1.82, 2.24) is 10.5 Å². The van der Waals surface area contributed by atoms with E-state index in [1.807, 2.05) is 0 Å². The minimum atomic E-state index is -0.573. The van der Waals surface area contributed by atoms with Crippen molar-refractivity contribution in [2.75, 3.05) is 11.9 Å². The Labute approximate surface area is 130 Å². The summed E-state index contributed by atoms with van der Waals surface area (Å²) in [5, 5.41) is 8.53. The molecule has 0 unspecified atom stereocenters. The van der Waals surface area contributed by atoms with Crippen molar-refractivity contribution in [1.29, 1.82) is 0 Å². The summed E-state index contributed by atoms with van der Waals surface area (Å²) >= 11 is 5.61. The van der Waals surface area contributed by atoms with Crippen molar-refractivity contribution in [3.05, 3.63) is 46.6 Å². The molecule has 0 saturated heterocycles. The number of amides is 2. The van der Waals surface area contributed by atoms with E-state index in [2.05, 4.69) is 15.8 Å². The average Bonchev–Trinajstić information content (AvgIpc) is 2.86. The van der Waals surface area contributed by atoms with Gasteiger partial charge in [-0.25, -0.2) is 4.39 Å². The number of hydrogen-bond acceptors (Lipinski definition) is 4. The molecule has 6 nitrogen and oxygen atoms in total. The van der Waals surface area contributed by atoms with Crippen LogP contribution < -0.4 is 10.6 Å². The van der Waals surface area contributed by atoms with Gasteiger partial charge in [0.15, 0.2) is 0 Å². The van der Waals surface area contributed by atoms with Crippen molar-refractivity contribution >= 4 is 29.1 Å². The molecule has 2 amide bonds. The van der Waals surface area contributed by atoms with Gasteiger partial charge in [-0.05, 0) is 25.1 Å². The molecule has 2 N–H and O–H groups in total. The van der Waals surface area contributed by atoms with Gasteiger partial charge in [0.05, 0.1) is 23.7 Å². The lowest BCUT2D eigenvalue weighted by molar-refractivity contribution is -0.123. The standard InChI is InChI=1S/C14H13ClFN3O3/c1-8-4-10(19-22-8)6-13(20)17-7-14(21)18-9-2-3-12(16)11(15)5-9/h2-5H,6-7H2,1H3,(H,17,20)(H,18,21). The Hall–Kier alpha value is -2.41. The number of nitrogens with one attached hydrogen (secondary N) is 2. The summed E-state index contributed by atoms with van der Waals surface area (Å²) in [7, 11) is 0. The van der Waals surface area contributed by atoms with Crippen LogP contribution in [0, 0.1) is 12.7 Å². The van der Waals surface area contributed by atoms with Gasteiger partial charge in [-0.3, -0.25) is 9.59 Å². The normalized spacial score (nSPS) is 10.3. The predicted octanol–water partition coefficient (Wildman–Crippen LogP) is 2.07. The molecule has 22 heavy (non-hydrogen) atoms. The summed E-state index contributed by atoms with van der Waals surface area (Å²) in [6.07, 6.45) is 0.0208. The molecule has 1 aromatic carbocycles. The quantitative estimate of drug-likeness (QED) is 0.881. The fourth-order valence-electron chi connectivity index (χ4n) is 1.69. The number of anilines is 1. The summed E-state index contributed by atoms with van der Waals surface area (Å²) in [4.78, 5) is 23.3. The first-order valence-electron chi connectivity index (χ1n) is 6.38. The van der Waals surface area contributed by atoms with Crippen molar-refractivity contribution in [2.45, 2.75) is 13.3 Å². The third kappa shape index (κ3) is 4.56. The lowest BCUT2D eigenvalue weighted by Crippen LogP contribution is -2.33. The molecule has 1 heterocycles. The second-order valence-electron chi connectivity index (χ2n) is 4.56. The van der Waals surface area contributed by atoms with Crippen LogP contribution in [-0.2, 0) is 16.0 Å². The van der Waals surface area contributed by atoms with Crippen LogP contribution in [0.1, 0.15) is 11.5 Å². The Balaban J connectivity index is 1.79. The number of hydrogen-bond donors (Lipinski definition) is 2. The van der Waals surface area contributed by atoms with Gasteiger partial charge in [-0.2, -0.15) is 0 Å². The number of aryl methyl sites for hydroxylation is 1. The lowest BCUT2D eigenvalue weighted by Gasteiger charge is -2.07. The van der Waals surface area contributed by atoms with E-state index in [1.165, 1.54) is 12.1 Å². The maximum Gasteiger partial charge on any atom is 0.243 e. The number of aromatic nitrogens is 1. The molecule has 0 aliphatic rings. The Kier molecular flexibility index (Phi) is 5.11. The summed E-state index contributed by atoms with van der Waals surface area (Å²) in [6, 6.07) is 5.44. The summed E-state index contributed by atoms with van der Waals surface area (Å²) in [6.45, 7) is 1.50. The highest BCUT2D eigenvalue weighted by Gasteiger charge is 2.10. The molecule has 0 aliphatic carbocycles. The minimum absolute atomic E-state index is 0.0208. The van der Waals surface area contributed by atoms with E-state index in [0.29, 0.717) is 17.1 Å². The zero-order valence-corrected chi connectivity index (χ0v) is 12.4. The monoisotopic (exact) mass is 325 g/mol. The molecule has 116 valence electrons. The molecule has 2 aromatic rings. The largest absolute Gasteiger partial charge is 0.361 e. The van der Waals surface area contributed by atoms with Crippen LogP contribution >= 0.6 is 11.6 Å². The average molecular weight is 326 g/mol. The molecule has 0 bridgehead atoms. The van der Waals surface area contributed by atoms with Crippen molar-refractivity contribution in [3.63, 3.8) is 0 Å². The van der Waals surface area contributed by atoms with E-state index in [9.17, 15) is 14.0 Å². The first-order valence-corrected chi connectivity index (χ1v) is 6.75. The Morgan fingerprint density at radius 1 is 1.32 bits per heavy atom. The van der Waals surface area contributed by atoms with Crippen LogP contribution in [0.5, 0.6) is 0 Å². The van der Waals surface area contributed by atoms with Crippen LogP contribution in [0.4, 0.5) is 10.1 Å². The highest BCUT2D eigenvalue weighted by molar-refractivity contribution is 6.31. The fraction of sp³-hybridized carbons (Fsp3) is 0.214. The third-order valence-electron chi connectivity index (χ3n) is 2.67. The van der Waals surface area contributed by atoms with E-state index >= 15 is 0 Å². The van der Waals surface area contributed by atoms with E-state index < -0.39 is 11.7 Å². The molecule has 1 aromatic heterocycles. The van der Waals surface area contributed by atoms with E-state index in [-0.39, 0.29) is 23.9 Å². The molecule has 0 aliphatic heterocycles. The van der Waals surface area contributed by atoms with Gasteiger partial charge in [0.25, 0.3) is 0 Å². The van der Waals surface area contributed by atoms with Crippen LogP contribution in [-0.4, -0.2) is 23.5 Å². The van der Waals surface area contributed by atoms with Crippen LogP contribution in [0.2, 0.25) is 5.02 Å². The number of carbonyl (C=O) groups excluding carboxylic acids is 2. The number of rotatable bonds is 5. The number of nitrogens with zero attached hydrogens (tertiary/aromatic N) is 1. The molecular formula is C14H13ClFN3O3. The van der Waals surface area contributed by atoms with Gasteiger partial charge in [0, 0.05) is 11.8 Å². The number of halogens is 2. The first kappa shape index (κ1) is 16.0. The SMILES string of the molecule is Cc1cc(CC(=O)NCC(=O)Nc2ccc(F)c(Cl)c2)no1. The molecule has 2 rings (SSSR count). The zero-order chi connectivity index (χ0) is 16.1. The van der Waals surface area contributed by atoms with Gasteiger partial charge < -0.3 is 15.2 Å². The zero-order valence-electron chi connectivity index (χ0n) is 11.7. The molecule has 0 radical (unpaired) electrons. The Bertz CT molecular complexity index is 702. The van der Waals surface area contributed by atoms with Crippen LogP contribution in [0.3, 0.4) is 0 Å². The van der Waals surface area contributed by atoms with Gasteiger partial charge in [-0.1, -0.05) is 16.8 Å². The predicted molar refractivity (Wildman–Crippen MR) is 78.0 cm³/mol. The summed E-state index contributed by atoms with van der Waals surface area (Å²) in [5.41, 5.74) is 0.832. The van der Waals surface area contributed by atoms with E-state index in [1.54, 1.807) is 13.0 Å². The smallest absolute Gasteiger partial charge is 0.243 e. The maximum absolute atomic E-state index is 13.0. The molecule has 0 spiro atoms. The minimum Gasteiger partial charge on any atom is -0.361 e. The Morgan fingerprint density at radius 2 is 2.09 bits per heavy atom. The second-order valence-corrected chi connectivity index (χ2v) is 4.97. The summed E-state index contributed by atoms with van der Waals surface area (Å²) < 4.78 is 17.8. The number of carbonyl (C=O) groups is 2. The van der Waals surface area contributed by atoms with Gasteiger partial charge >= 0.3 is 0 Å². The van der Waals surface area contributed by atoms with E-state index in [4.69, 9.17) is 16.1 Å². The third-order valence-corrected chi connectivity index (χ3v) is 2.96. The second kappa shape index (κ2) is 7.04. The first-order chi connectivity index (χ1) is 10.4. The highest BCUT2D eigenvalue weighted by Crippen LogP contribution is 2.19. The highest BCUT2D eigenvalue weighted by atomic mass is 35.5. The fourth-order valence-corrected chi connectivity index (χ4v) is 1.87. The maximum atomic E-state index is 13.0. The van der Waals surface area contributed by atoms with Crippen molar-refractivity contribution in [3.8, 4) is 0 Å². The Morgan fingerprint density at radius 3 is 2.73 bits per heavy atom. The van der Waals surface area contributed by atoms with Crippen LogP contribution in [0.15, 0.2) is 28.8 Å². The topological polar surface area (TPSA) is 84.2 Å². The van der Waals surface area contributed by atoms with E-state index in [0.717, 1.165) is 6.07 Å². The number of benzene rings is 1. The van der Waals surface area contributed by atoms with Gasteiger partial charge in [0.1, 0.15) is 11.6 Å². The molecule has 0 saturated carbocycles. The molecule has 0 atom stereocenters. The molecule has 0 fully saturated rings. The van der Waals surface area contributed by atoms with Crippen molar-refractivity contribution < 1.29 is 18.5 Å². The van der Waals surface area contributed by atoms with Gasteiger partial charge in [-0.15, -0.1) is 0 Å².